The van der Waals surface area contributed by atoms with Crippen molar-refractivity contribution in [1.29, 1.82) is 0 Å². The highest BCUT2D eigenvalue weighted by molar-refractivity contribution is 7.10. The number of nitrogens with one attached hydrogen (secondary N) is 1. The molecule has 1 N–H and O–H groups in total. The van der Waals surface area contributed by atoms with Crippen molar-refractivity contribution in [3.05, 3.63) is 97.7 Å². The lowest BCUT2D eigenvalue weighted by Crippen LogP contribution is -2.32. The van der Waals surface area contributed by atoms with Gasteiger partial charge in [-0.15, -0.1) is 11.3 Å². The molecule has 0 saturated heterocycles. The van der Waals surface area contributed by atoms with Crippen LogP contribution < -0.4 is 5.32 Å². The maximum atomic E-state index is 12.4. The molecule has 0 bridgehead atoms. The van der Waals surface area contributed by atoms with Gasteiger partial charge in [-0.1, -0.05) is 42.5 Å². The number of nitro benzene ring substituents is 1. The molecule has 3 rings (SSSR count). The van der Waals surface area contributed by atoms with E-state index in [1.807, 2.05) is 47.8 Å². The monoisotopic (exact) mass is 410 g/mol. The second-order valence-electron chi connectivity index (χ2n) is 6.21. The van der Waals surface area contributed by atoms with Crippen molar-refractivity contribution in [2.45, 2.75) is 13.0 Å². The Morgan fingerprint density at radius 1 is 1.10 bits per heavy atom. The summed E-state index contributed by atoms with van der Waals surface area (Å²) in [6.07, 6.45) is 0. The fourth-order valence-corrected chi connectivity index (χ4v) is 3.68. The van der Waals surface area contributed by atoms with Crippen LogP contribution in [0.25, 0.3) is 0 Å². The van der Waals surface area contributed by atoms with E-state index in [2.05, 4.69) is 5.32 Å². The van der Waals surface area contributed by atoms with Gasteiger partial charge >= 0.3 is 5.97 Å². The van der Waals surface area contributed by atoms with Gasteiger partial charge in [-0.25, -0.2) is 4.79 Å². The molecule has 0 aliphatic rings. The van der Waals surface area contributed by atoms with E-state index in [4.69, 9.17) is 4.74 Å². The highest BCUT2D eigenvalue weighted by atomic mass is 32.1. The summed E-state index contributed by atoms with van der Waals surface area (Å²) in [5.74, 6) is -1.25. The zero-order valence-electron chi connectivity index (χ0n) is 15.5. The Labute approximate surface area is 171 Å². The number of ether oxygens (including phenoxy) is 1. The van der Waals surface area contributed by atoms with E-state index in [0.29, 0.717) is 0 Å². The average molecular weight is 410 g/mol. The summed E-state index contributed by atoms with van der Waals surface area (Å²) in [6, 6.07) is 17.1. The average Bonchev–Trinajstić information content (AvgIpc) is 3.25. The van der Waals surface area contributed by atoms with Crippen LogP contribution in [0, 0.1) is 17.0 Å². The summed E-state index contributed by atoms with van der Waals surface area (Å²) in [4.78, 5) is 36.1. The number of rotatable bonds is 7. The normalized spacial score (nSPS) is 11.5. The minimum atomic E-state index is -0.784. The topological polar surface area (TPSA) is 98.5 Å². The number of thiophene rings is 1. The second kappa shape index (κ2) is 9.11. The molecule has 7 nitrogen and oxygen atoms in total. The van der Waals surface area contributed by atoms with Crippen molar-refractivity contribution < 1.29 is 19.2 Å². The number of esters is 1. The fourth-order valence-electron chi connectivity index (χ4n) is 2.87. The van der Waals surface area contributed by atoms with Gasteiger partial charge in [-0.2, -0.15) is 0 Å². The SMILES string of the molecule is Cc1c(C(=O)OCC(=O)N[C@H](c2ccccc2)c2cccs2)cccc1[N+](=O)[O-]. The number of carbonyl (C=O) groups is 2. The zero-order valence-corrected chi connectivity index (χ0v) is 16.3. The number of hydrogen-bond acceptors (Lipinski definition) is 6. The molecule has 1 amide bonds. The maximum Gasteiger partial charge on any atom is 0.339 e. The van der Waals surface area contributed by atoms with Crippen LogP contribution in [0.2, 0.25) is 0 Å². The molecule has 0 spiro atoms. The smallest absolute Gasteiger partial charge is 0.339 e. The van der Waals surface area contributed by atoms with Crippen LogP contribution in [0.1, 0.15) is 32.4 Å². The first-order valence-electron chi connectivity index (χ1n) is 8.76. The van der Waals surface area contributed by atoms with Crippen LogP contribution in [-0.2, 0) is 9.53 Å². The molecule has 0 aliphatic carbocycles. The van der Waals surface area contributed by atoms with Gasteiger partial charge in [0.1, 0.15) is 0 Å². The van der Waals surface area contributed by atoms with E-state index < -0.39 is 23.4 Å². The summed E-state index contributed by atoms with van der Waals surface area (Å²) < 4.78 is 5.09. The lowest BCUT2D eigenvalue weighted by molar-refractivity contribution is -0.385. The summed E-state index contributed by atoms with van der Waals surface area (Å²) in [6.45, 7) is 0.979. The van der Waals surface area contributed by atoms with Gasteiger partial charge in [0, 0.05) is 16.5 Å². The molecule has 29 heavy (non-hydrogen) atoms. The Balaban J connectivity index is 1.68. The van der Waals surface area contributed by atoms with Crippen LogP contribution in [0.4, 0.5) is 5.69 Å². The van der Waals surface area contributed by atoms with Gasteiger partial charge in [0.25, 0.3) is 11.6 Å². The zero-order chi connectivity index (χ0) is 20.8. The number of hydrogen-bond donors (Lipinski definition) is 1. The lowest BCUT2D eigenvalue weighted by atomic mass is 10.1. The van der Waals surface area contributed by atoms with E-state index >= 15 is 0 Å². The maximum absolute atomic E-state index is 12.4. The Kier molecular flexibility index (Phi) is 6.36. The van der Waals surface area contributed by atoms with Gasteiger partial charge < -0.3 is 10.1 Å². The molecule has 0 fully saturated rings. The van der Waals surface area contributed by atoms with Crippen molar-refractivity contribution in [3.63, 3.8) is 0 Å². The first kappa shape index (κ1) is 20.2. The predicted octanol–water partition coefficient (Wildman–Crippen LogP) is 4.03. The second-order valence-corrected chi connectivity index (χ2v) is 7.19. The molecule has 3 aromatic rings. The van der Waals surface area contributed by atoms with Crippen LogP contribution in [0.3, 0.4) is 0 Å². The Bertz CT molecular complexity index is 1020. The molecule has 8 heteroatoms. The van der Waals surface area contributed by atoms with Crippen LogP contribution in [0.15, 0.2) is 66.0 Å². The highest BCUT2D eigenvalue weighted by Gasteiger charge is 2.21. The minimum Gasteiger partial charge on any atom is -0.452 e. The molecule has 148 valence electrons. The van der Waals surface area contributed by atoms with E-state index in [1.54, 1.807) is 0 Å². The molecule has 0 radical (unpaired) electrons. The number of nitro groups is 1. The quantitative estimate of drug-likeness (QED) is 0.360. The predicted molar refractivity (Wildman–Crippen MR) is 109 cm³/mol. The van der Waals surface area contributed by atoms with Gasteiger partial charge in [-0.05, 0) is 30.0 Å². The molecular weight excluding hydrogens is 392 g/mol. The molecule has 0 saturated carbocycles. The first-order valence-corrected chi connectivity index (χ1v) is 9.64. The van der Waals surface area contributed by atoms with Gasteiger partial charge in [0.15, 0.2) is 6.61 Å². The van der Waals surface area contributed by atoms with Crippen LogP contribution in [-0.4, -0.2) is 23.4 Å². The van der Waals surface area contributed by atoms with Crippen molar-refractivity contribution >= 4 is 28.9 Å². The molecule has 1 heterocycles. The largest absolute Gasteiger partial charge is 0.452 e. The summed E-state index contributed by atoms with van der Waals surface area (Å²) >= 11 is 1.51. The first-order chi connectivity index (χ1) is 14.0. The van der Waals surface area contributed by atoms with Crippen molar-refractivity contribution in [2.24, 2.45) is 0 Å². The Morgan fingerprint density at radius 2 is 1.86 bits per heavy atom. The standard InChI is InChI=1S/C21H18N2O5S/c1-14-16(9-5-10-17(14)23(26)27)21(25)28-13-19(24)22-20(18-11-6-12-29-18)15-7-3-2-4-8-15/h2-12,20H,13H2,1H3,(H,22,24)/t20-/m1/s1. The lowest BCUT2D eigenvalue weighted by Gasteiger charge is -2.18. The highest BCUT2D eigenvalue weighted by Crippen LogP contribution is 2.26. The van der Waals surface area contributed by atoms with Crippen molar-refractivity contribution in [1.82, 2.24) is 5.32 Å². The van der Waals surface area contributed by atoms with Gasteiger partial charge in [-0.3, -0.25) is 14.9 Å². The van der Waals surface area contributed by atoms with Crippen molar-refractivity contribution in [3.8, 4) is 0 Å². The third kappa shape index (κ3) is 4.85. The summed E-state index contributed by atoms with van der Waals surface area (Å²) in [5, 5.41) is 15.8. The summed E-state index contributed by atoms with van der Waals surface area (Å²) in [5.41, 5.74) is 0.989. The van der Waals surface area contributed by atoms with E-state index in [-0.39, 0.29) is 22.9 Å². The minimum absolute atomic E-state index is 0.0601. The Morgan fingerprint density at radius 3 is 2.52 bits per heavy atom. The third-order valence-electron chi connectivity index (χ3n) is 4.32. The third-order valence-corrected chi connectivity index (χ3v) is 5.26. The van der Waals surface area contributed by atoms with E-state index in [9.17, 15) is 19.7 Å². The summed E-state index contributed by atoms with van der Waals surface area (Å²) in [7, 11) is 0. The molecular formula is C21H18N2O5S. The van der Waals surface area contributed by atoms with Gasteiger partial charge in [0.05, 0.1) is 16.5 Å². The van der Waals surface area contributed by atoms with Crippen LogP contribution >= 0.6 is 11.3 Å². The fraction of sp³-hybridized carbons (Fsp3) is 0.143. The van der Waals surface area contributed by atoms with Crippen LogP contribution in [0.5, 0.6) is 0 Å². The Hall–Kier alpha value is -3.52. The number of amides is 1. The van der Waals surface area contributed by atoms with Gasteiger partial charge in [0.2, 0.25) is 0 Å². The van der Waals surface area contributed by atoms with E-state index in [1.165, 1.54) is 36.5 Å². The van der Waals surface area contributed by atoms with E-state index in [0.717, 1.165) is 10.4 Å². The molecule has 0 unspecified atom stereocenters. The number of benzene rings is 2. The van der Waals surface area contributed by atoms with Crippen molar-refractivity contribution in [2.75, 3.05) is 6.61 Å². The molecule has 1 atom stereocenters. The molecule has 2 aromatic carbocycles. The molecule has 1 aromatic heterocycles. The number of carbonyl (C=O) groups excluding carboxylic acids is 2. The molecule has 0 aliphatic heterocycles. The number of nitrogens with zero attached hydrogens (tertiary/aromatic N) is 1.